The summed E-state index contributed by atoms with van der Waals surface area (Å²) in [6.45, 7) is 8.88. The SMILES string of the molecule is CO[Si](C)(CC(C)N1CCNCC1)OC. The van der Waals surface area contributed by atoms with Crippen LogP contribution in [0, 0.1) is 0 Å². The maximum Gasteiger partial charge on any atom is 0.335 e. The molecule has 0 saturated carbocycles. The molecule has 90 valence electrons. The molecule has 0 aromatic rings. The Bertz CT molecular complexity index is 182. The van der Waals surface area contributed by atoms with Crippen LogP contribution in [-0.2, 0) is 8.85 Å². The standard InChI is InChI=1S/C10H24N2O2Si/c1-10(9-15(4,13-2)14-3)12-7-5-11-6-8-12/h10-11H,5-9H2,1-4H3. The zero-order valence-electron chi connectivity index (χ0n) is 10.4. The van der Waals surface area contributed by atoms with E-state index >= 15 is 0 Å². The van der Waals surface area contributed by atoms with E-state index in [0.29, 0.717) is 6.04 Å². The van der Waals surface area contributed by atoms with Crippen molar-refractivity contribution in [1.82, 2.24) is 10.2 Å². The van der Waals surface area contributed by atoms with Crippen LogP contribution in [0.3, 0.4) is 0 Å². The van der Waals surface area contributed by atoms with Crippen molar-refractivity contribution < 1.29 is 8.85 Å². The van der Waals surface area contributed by atoms with Gasteiger partial charge in [0.1, 0.15) is 0 Å². The van der Waals surface area contributed by atoms with Gasteiger partial charge in [0.15, 0.2) is 0 Å². The Labute approximate surface area is 94.2 Å². The monoisotopic (exact) mass is 232 g/mol. The van der Waals surface area contributed by atoms with Crippen molar-refractivity contribution in [2.24, 2.45) is 0 Å². The summed E-state index contributed by atoms with van der Waals surface area (Å²) < 4.78 is 11.0. The third-order valence-electron chi connectivity index (χ3n) is 3.30. The summed E-state index contributed by atoms with van der Waals surface area (Å²) in [7, 11) is 1.62. The second kappa shape index (κ2) is 5.96. The minimum absolute atomic E-state index is 0.559. The summed E-state index contributed by atoms with van der Waals surface area (Å²) in [5, 5.41) is 3.37. The summed E-state index contributed by atoms with van der Waals surface area (Å²) in [4.78, 5) is 2.51. The lowest BCUT2D eigenvalue weighted by molar-refractivity contribution is 0.175. The first kappa shape index (κ1) is 13.1. The highest BCUT2D eigenvalue weighted by Gasteiger charge is 2.33. The zero-order chi connectivity index (χ0) is 11.3. The maximum absolute atomic E-state index is 5.52. The van der Waals surface area contributed by atoms with E-state index in [4.69, 9.17) is 8.85 Å². The van der Waals surface area contributed by atoms with Crippen molar-refractivity contribution >= 4 is 8.56 Å². The number of nitrogens with one attached hydrogen (secondary N) is 1. The summed E-state index contributed by atoms with van der Waals surface area (Å²) >= 11 is 0. The van der Waals surface area contributed by atoms with E-state index in [1.807, 2.05) is 0 Å². The van der Waals surface area contributed by atoms with Crippen LogP contribution in [0.2, 0.25) is 12.6 Å². The molecule has 1 atom stereocenters. The molecule has 0 bridgehead atoms. The van der Waals surface area contributed by atoms with Crippen LogP contribution >= 0.6 is 0 Å². The molecule has 1 unspecified atom stereocenters. The molecular formula is C10H24N2O2Si. The largest absolute Gasteiger partial charge is 0.398 e. The van der Waals surface area contributed by atoms with Gasteiger partial charge in [-0.05, 0) is 13.5 Å². The molecule has 0 radical (unpaired) electrons. The predicted octanol–water partition coefficient (Wildman–Crippen LogP) is 0.645. The Balaban J connectivity index is 2.41. The molecule has 0 spiro atoms. The molecule has 15 heavy (non-hydrogen) atoms. The molecule has 0 amide bonds. The number of hydrogen-bond donors (Lipinski definition) is 1. The van der Waals surface area contributed by atoms with E-state index in [0.717, 1.165) is 32.2 Å². The van der Waals surface area contributed by atoms with Gasteiger partial charge in [0, 0.05) is 52.5 Å². The van der Waals surface area contributed by atoms with Crippen LogP contribution in [0.15, 0.2) is 0 Å². The number of nitrogens with zero attached hydrogens (tertiary/aromatic N) is 1. The molecule has 1 fully saturated rings. The molecule has 4 nitrogen and oxygen atoms in total. The highest BCUT2D eigenvalue weighted by Crippen LogP contribution is 2.17. The molecule has 1 rings (SSSR count). The lowest BCUT2D eigenvalue weighted by Crippen LogP contribution is -2.51. The minimum atomic E-state index is -1.91. The van der Waals surface area contributed by atoms with Gasteiger partial charge in [-0.3, -0.25) is 4.90 Å². The quantitative estimate of drug-likeness (QED) is 0.706. The second-order valence-corrected chi connectivity index (χ2v) is 7.87. The van der Waals surface area contributed by atoms with E-state index in [2.05, 4.69) is 23.7 Å². The number of rotatable bonds is 5. The van der Waals surface area contributed by atoms with Gasteiger partial charge in [0.25, 0.3) is 0 Å². The Kier molecular flexibility index (Phi) is 5.21. The summed E-state index contributed by atoms with van der Waals surface area (Å²) in [6.07, 6.45) is 0. The first-order valence-electron chi connectivity index (χ1n) is 5.66. The van der Waals surface area contributed by atoms with E-state index in [1.54, 1.807) is 14.2 Å². The molecule has 1 heterocycles. The molecule has 1 aliphatic heterocycles. The molecule has 1 N–H and O–H groups in total. The zero-order valence-corrected chi connectivity index (χ0v) is 11.4. The predicted molar refractivity (Wildman–Crippen MR) is 64.3 cm³/mol. The van der Waals surface area contributed by atoms with E-state index in [-0.39, 0.29) is 0 Å². The third kappa shape index (κ3) is 3.84. The van der Waals surface area contributed by atoms with Gasteiger partial charge < -0.3 is 14.2 Å². The lowest BCUT2D eigenvalue weighted by atomic mass is 10.3. The molecule has 1 aliphatic rings. The Morgan fingerprint density at radius 1 is 1.27 bits per heavy atom. The van der Waals surface area contributed by atoms with Crippen LogP contribution in [0.25, 0.3) is 0 Å². The Morgan fingerprint density at radius 3 is 2.27 bits per heavy atom. The summed E-state index contributed by atoms with van der Waals surface area (Å²) in [5.74, 6) is 0. The van der Waals surface area contributed by atoms with Gasteiger partial charge in [0.05, 0.1) is 0 Å². The van der Waals surface area contributed by atoms with Gasteiger partial charge in [-0.25, -0.2) is 0 Å². The van der Waals surface area contributed by atoms with Crippen LogP contribution in [-0.4, -0.2) is 59.9 Å². The van der Waals surface area contributed by atoms with Crippen LogP contribution < -0.4 is 5.32 Å². The molecule has 0 aromatic carbocycles. The van der Waals surface area contributed by atoms with Crippen molar-refractivity contribution in [2.45, 2.75) is 25.6 Å². The topological polar surface area (TPSA) is 33.7 Å². The van der Waals surface area contributed by atoms with Crippen LogP contribution in [0.4, 0.5) is 0 Å². The summed E-state index contributed by atoms with van der Waals surface area (Å²) in [6, 6.07) is 1.60. The fraction of sp³-hybridized carbons (Fsp3) is 1.00. The van der Waals surface area contributed by atoms with Gasteiger partial charge in [-0.1, -0.05) is 0 Å². The van der Waals surface area contributed by atoms with E-state index in [1.165, 1.54) is 0 Å². The lowest BCUT2D eigenvalue weighted by Gasteiger charge is -2.36. The van der Waals surface area contributed by atoms with E-state index in [9.17, 15) is 0 Å². The Morgan fingerprint density at radius 2 is 1.80 bits per heavy atom. The average molecular weight is 232 g/mol. The van der Waals surface area contributed by atoms with Crippen molar-refractivity contribution in [3.8, 4) is 0 Å². The van der Waals surface area contributed by atoms with Crippen molar-refractivity contribution in [2.75, 3.05) is 40.4 Å². The smallest absolute Gasteiger partial charge is 0.335 e. The molecule has 5 heteroatoms. The van der Waals surface area contributed by atoms with Gasteiger partial charge in [-0.2, -0.15) is 0 Å². The fourth-order valence-corrected chi connectivity index (χ4v) is 3.87. The van der Waals surface area contributed by atoms with E-state index < -0.39 is 8.56 Å². The molecular weight excluding hydrogens is 208 g/mol. The Hall–Kier alpha value is 0.0569. The van der Waals surface area contributed by atoms with Gasteiger partial charge >= 0.3 is 8.56 Å². The summed E-state index contributed by atoms with van der Waals surface area (Å²) in [5.41, 5.74) is 0. The van der Waals surface area contributed by atoms with Crippen molar-refractivity contribution in [3.05, 3.63) is 0 Å². The molecule has 0 aliphatic carbocycles. The van der Waals surface area contributed by atoms with Crippen LogP contribution in [0.5, 0.6) is 0 Å². The second-order valence-electron chi connectivity index (χ2n) is 4.38. The maximum atomic E-state index is 5.52. The van der Waals surface area contributed by atoms with Gasteiger partial charge in [-0.15, -0.1) is 0 Å². The molecule has 0 aromatic heterocycles. The first-order chi connectivity index (χ1) is 7.11. The fourth-order valence-electron chi connectivity index (χ4n) is 2.04. The number of piperazine rings is 1. The van der Waals surface area contributed by atoms with Gasteiger partial charge in [0.2, 0.25) is 0 Å². The normalized spacial score (nSPS) is 21.6. The number of hydrogen-bond acceptors (Lipinski definition) is 4. The highest BCUT2D eigenvalue weighted by molar-refractivity contribution is 6.66. The van der Waals surface area contributed by atoms with Crippen LogP contribution in [0.1, 0.15) is 6.92 Å². The minimum Gasteiger partial charge on any atom is -0.398 e. The molecule has 1 saturated heterocycles. The van der Waals surface area contributed by atoms with Crippen molar-refractivity contribution in [1.29, 1.82) is 0 Å². The highest BCUT2D eigenvalue weighted by atomic mass is 28.4. The first-order valence-corrected chi connectivity index (χ1v) is 8.19. The van der Waals surface area contributed by atoms with Crippen molar-refractivity contribution in [3.63, 3.8) is 0 Å². The average Bonchev–Trinajstić information content (AvgIpc) is 2.30. The third-order valence-corrected chi connectivity index (χ3v) is 6.36.